The molecule has 0 spiro atoms. The largest absolute Gasteiger partial charge is 0.507 e. The number of aliphatic hydroxyl groups is 1. The van der Waals surface area contributed by atoms with Crippen molar-refractivity contribution >= 4 is 17.4 Å². The highest BCUT2D eigenvalue weighted by molar-refractivity contribution is 6.46. The summed E-state index contributed by atoms with van der Waals surface area (Å²) in [4.78, 5) is 28.7. The maximum absolute atomic E-state index is 13.0. The second-order valence-electron chi connectivity index (χ2n) is 8.71. The third kappa shape index (κ3) is 3.97. The number of hydrogen-bond acceptors (Lipinski definition) is 5. The van der Waals surface area contributed by atoms with Gasteiger partial charge in [0.05, 0.1) is 26.2 Å². The molecule has 2 atom stereocenters. The molecule has 0 bridgehead atoms. The number of hydrogen-bond donors (Lipinski definition) is 2. The maximum Gasteiger partial charge on any atom is 0.295 e. The number of Topliss-reactive ketones (excluding diaryl/α,β-unsaturated/α-hetero) is 1. The van der Waals surface area contributed by atoms with Crippen LogP contribution in [0.2, 0.25) is 0 Å². The van der Waals surface area contributed by atoms with Crippen LogP contribution >= 0.6 is 0 Å². The van der Waals surface area contributed by atoms with Crippen LogP contribution in [0.3, 0.4) is 0 Å². The summed E-state index contributed by atoms with van der Waals surface area (Å²) in [7, 11) is 4.08. The van der Waals surface area contributed by atoms with Gasteiger partial charge in [-0.15, -0.1) is 0 Å². The number of aryl methyl sites for hydroxylation is 1. The molecule has 1 aromatic heterocycles. The zero-order chi connectivity index (χ0) is 22.3. The van der Waals surface area contributed by atoms with Gasteiger partial charge in [0.1, 0.15) is 35.2 Å². The van der Waals surface area contributed by atoms with E-state index in [-0.39, 0.29) is 17.4 Å². The zero-order valence-corrected chi connectivity index (χ0v) is 18.4. The van der Waals surface area contributed by atoms with Crippen molar-refractivity contribution in [3.8, 4) is 5.75 Å². The summed E-state index contributed by atoms with van der Waals surface area (Å²) in [5, 5.41) is 11.2. The average Bonchev–Trinajstić information content (AvgIpc) is 3.37. The first-order valence-corrected chi connectivity index (χ1v) is 10.7. The molecule has 31 heavy (non-hydrogen) atoms. The highest BCUT2D eigenvalue weighted by Crippen LogP contribution is 2.41. The Labute approximate surface area is 181 Å². The zero-order valence-electron chi connectivity index (χ0n) is 18.4. The van der Waals surface area contributed by atoms with Gasteiger partial charge in [-0.05, 0) is 49.7 Å². The molecule has 0 radical (unpaired) electrons. The predicted octanol–water partition coefficient (Wildman–Crippen LogP) is 1.87. The summed E-state index contributed by atoms with van der Waals surface area (Å²) >= 11 is 0. The number of ether oxygens (including phenoxy) is 1. The molecule has 164 valence electrons. The lowest BCUT2D eigenvalue weighted by Gasteiger charge is -2.23. The molecule has 3 heterocycles. The fraction of sp³-hybridized carbons (Fsp3) is 0.417. The van der Waals surface area contributed by atoms with Crippen molar-refractivity contribution in [3.05, 3.63) is 58.6 Å². The minimum atomic E-state index is -0.741. The second-order valence-corrected chi connectivity index (χ2v) is 8.71. The van der Waals surface area contributed by atoms with Gasteiger partial charge in [0, 0.05) is 24.9 Å². The Bertz CT molecular complexity index is 1050. The topological polar surface area (TPSA) is 84.4 Å². The van der Waals surface area contributed by atoms with Crippen molar-refractivity contribution in [3.63, 3.8) is 0 Å². The van der Waals surface area contributed by atoms with Crippen LogP contribution in [-0.4, -0.2) is 55.0 Å². The van der Waals surface area contributed by atoms with Gasteiger partial charge in [-0.3, -0.25) is 9.59 Å². The molecule has 7 heteroatoms. The number of nitrogens with zero attached hydrogens (tertiary/aromatic N) is 1. The molecule has 1 amide bonds. The number of benzene rings is 1. The smallest absolute Gasteiger partial charge is 0.295 e. The van der Waals surface area contributed by atoms with E-state index in [0.717, 1.165) is 30.7 Å². The van der Waals surface area contributed by atoms with E-state index in [1.54, 1.807) is 24.3 Å². The van der Waals surface area contributed by atoms with Crippen LogP contribution in [0, 0.1) is 6.92 Å². The Balaban J connectivity index is 1.76. The van der Waals surface area contributed by atoms with Crippen molar-refractivity contribution in [2.45, 2.75) is 38.8 Å². The molecular weight excluding hydrogens is 396 g/mol. The fourth-order valence-electron chi connectivity index (χ4n) is 4.33. The number of fused-ring (bicyclic) bond motifs is 1. The van der Waals surface area contributed by atoms with Gasteiger partial charge in [0.25, 0.3) is 11.7 Å². The first-order valence-electron chi connectivity index (χ1n) is 10.7. The van der Waals surface area contributed by atoms with E-state index in [2.05, 4.69) is 0 Å². The Morgan fingerprint density at radius 1 is 1.23 bits per heavy atom. The van der Waals surface area contributed by atoms with E-state index in [4.69, 9.17) is 9.15 Å². The van der Waals surface area contributed by atoms with Gasteiger partial charge in [-0.1, -0.05) is 0 Å². The van der Waals surface area contributed by atoms with Gasteiger partial charge < -0.3 is 24.1 Å². The Hall–Kier alpha value is -3.06. The van der Waals surface area contributed by atoms with E-state index in [0.29, 0.717) is 23.6 Å². The molecule has 2 aliphatic rings. The van der Waals surface area contributed by atoms with Crippen molar-refractivity contribution in [2.24, 2.45) is 0 Å². The van der Waals surface area contributed by atoms with E-state index >= 15 is 0 Å². The molecule has 0 aliphatic carbocycles. The first kappa shape index (κ1) is 21.2. The van der Waals surface area contributed by atoms with Gasteiger partial charge >= 0.3 is 0 Å². The van der Waals surface area contributed by atoms with Gasteiger partial charge in [0.15, 0.2) is 0 Å². The van der Waals surface area contributed by atoms with E-state index < -0.39 is 17.7 Å². The predicted molar refractivity (Wildman–Crippen MR) is 115 cm³/mol. The van der Waals surface area contributed by atoms with Crippen molar-refractivity contribution in [1.82, 2.24) is 4.90 Å². The van der Waals surface area contributed by atoms with Crippen LogP contribution in [0.25, 0.3) is 5.76 Å². The van der Waals surface area contributed by atoms with Gasteiger partial charge in [-0.25, -0.2) is 0 Å². The highest BCUT2D eigenvalue weighted by atomic mass is 16.5. The minimum Gasteiger partial charge on any atom is -0.507 e. The van der Waals surface area contributed by atoms with Crippen LogP contribution in [0.5, 0.6) is 5.75 Å². The lowest BCUT2D eigenvalue weighted by atomic mass is 9.97. The number of rotatable bonds is 6. The number of carbonyl (C=O) groups is 2. The summed E-state index contributed by atoms with van der Waals surface area (Å²) in [5.74, 6) is 0.483. The van der Waals surface area contributed by atoms with Crippen LogP contribution in [0.1, 0.15) is 42.0 Å². The number of carbonyl (C=O) groups excluding carboxylic acids is 2. The number of ketones is 1. The second kappa shape index (κ2) is 8.23. The third-order valence-electron chi connectivity index (χ3n) is 5.82. The van der Waals surface area contributed by atoms with Crippen LogP contribution in [0.4, 0.5) is 0 Å². The summed E-state index contributed by atoms with van der Waals surface area (Å²) in [6.45, 7) is 5.06. The molecule has 2 aromatic rings. The van der Waals surface area contributed by atoms with E-state index in [9.17, 15) is 14.7 Å². The molecule has 2 N–H and O–H groups in total. The Morgan fingerprint density at radius 3 is 2.68 bits per heavy atom. The van der Waals surface area contributed by atoms with Crippen LogP contribution < -0.4 is 9.64 Å². The van der Waals surface area contributed by atoms with Gasteiger partial charge in [0.2, 0.25) is 0 Å². The summed E-state index contributed by atoms with van der Waals surface area (Å²) in [6.07, 6.45) is 1.54. The van der Waals surface area contributed by atoms with E-state index in [1.807, 2.05) is 34.0 Å². The standard InChI is InChI=1S/C24H28N2O5/c1-14-6-8-19(30-14)21-20(23(28)24(29)26(21)11-5-10-25(3)4)22(27)16-7-9-18-17(13-16)12-15(2)31-18/h6-9,13,15,21,27H,5,10-12H2,1-4H3/p+1/t15-,21-/m0/s1. The molecule has 1 aromatic carbocycles. The number of furan rings is 1. The molecule has 4 rings (SSSR count). The van der Waals surface area contributed by atoms with Crippen LogP contribution in [0.15, 0.2) is 40.3 Å². The SMILES string of the molecule is Cc1ccc([C@H]2C(=C(O)c3ccc4c(c3)C[C@H](C)O4)C(=O)C(=O)N2CCC[NH+](C)C)o1. The number of amides is 1. The molecular formula is C24H29N2O5+. The van der Waals surface area contributed by atoms with Crippen LogP contribution in [-0.2, 0) is 16.0 Å². The molecule has 0 saturated carbocycles. The number of quaternary nitrogens is 1. The Morgan fingerprint density at radius 2 is 2.00 bits per heavy atom. The minimum absolute atomic E-state index is 0.0721. The first-order chi connectivity index (χ1) is 14.8. The molecule has 7 nitrogen and oxygen atoms in total. The summed E-state index contributed by atoms with van der Waals surface area (Å²) < 4.78 is 11.5. The van der Waals surface area contributed by atoms with Gasteiger partial charge in [-0.2, -0.15) is 0 Å². The average molecular weight is 426 g/mol. The maximum atomic E-state index is 13.0. The molecule has 2 aliphatic heterocycles. The third-order valence-corrected chi connectivity index (χ3v) is 5.82. The number of aliphatic hydroxyl groups excluding tert-OH is 1. The molecule has 0 unspecified atom stereocenters. The Kier molecular flexibility index (Phi) is 5.62. The number of nitrogens with one attached hydrogen (secondary N) is 1. The highest BCUT2D eigenvalue weighted by Gasteiger charge is 2.47. The lowest BCUT2D eigenvalue weighted by Crippen LogP contribution is -3.05. The van der Waals surface area contributed by atoms with Crippen molar-refractivity contribution in [2.75, 3.05) is 27.2 Å². The fourth-order valence-corrected chi connectivity index (χ4v) is 4.33. The summed E-state index contributed by atoms with van der Waals surface area (Å²) in [6, 6.07) is 8.18. The monoisotopic (exact) mass is 425 g/mol. The number of likely N-dealkylation sites (tertiary alicyclic amines) is 1. The quantitative estimate of drug-likeness (QED) is 0.419. The normalized spacial score (nSPS) is 22.3. The van der Waals surface area contributed by atoms with E-state index in [1.165, 1.54) is 9.80 Å². The summed E-state index contributed by atoms with van der Waals surface area (Å²) in [5.41, 5.74) is 1.55. The molecule has 1 saturated heterocycles. The van der Waals surface area contributed by atoms with Crippen molar-refractivity contribution in [1.29, 1.82) is 0 Å². The van der Waals surface area contributed by atoms with Crippen molar-refractivity contribution < 1.29 is 28.7 Å². The lowest BCUT2D eigenvalue weighted by molar-refractivity contribution is -0.858. The molecule has 1 fully saturated rings.